The summed E-state index contributed by atoms with van der Waals surface area (Å²) >= 11 is 0. The summed E-state index contributed by atoms with van der Waals surface area (Å²) in [4.78, 5) is 27.0. The zero-order valence-corrected chi connectivity index (χ0v) is 16.7. The van der Waals surface area contributed by atoms with Crippen molar-refractivity contribution in [1.29, 1.82) is 0 Å². The Bertz CT molecular complexity index is 1010. The molecule has 30 heavy (non-hydrogen) atoms. The third-order valence-corrected chi connectivity index (χ3v) is 5.70. The van der Waals surface area contributed by atoms with Crippen molar-refractivity contribution in [1.82, 2.24) is 4.90 Å². The number of amides is 1. The Balaban J connectivity index is 1.54. The number of hydrogen-bond acceptors (Lipinski definition) is 5. The average Bonchev–Trinajstić information content (AvgIpc) is 2.74. The van der Waals surface area contributed by atoms with Gasteiger partial charge in [-0.25, -0.2) is 8.78 Å². The quantitative estimate of drug-likeness (QED) is 0.763. The van der Waals surface area contributed by atoms with E-state index in [1.165, 1.54) is 19.1 Å². The summed E-state index contributed by atoms with van der Waals surface area (Å²) in [6.45, 7) is 0.525. The molecule has 0 aromatic heterocycles. The van der Waals surface area contributed by atoms with Crippen LogP contribution < -0.4 is 14.2 Å². The van der Waals surface area contributed by atoms with Crippen LogP contribution in [0.5, 0.6) is 17.2 Å². The van der Waals surface area contributed by atoms with Gasteiger partial charge in [0.15, 0.2) is 5.78 Å². The first-order chi connectivity index (χ1) is 14.4. The van der Waals surface area contributed by atoms with Crippen LogP contribution in [0.4, 0.5) is 8.78 Å². The molecule has 2 aromatic carbocycles. The van der Waals surface area contributed by atoms with Crippen LogP contribution in [-0.4, -0.2) is 49.5 Å². The van der Waals surface area contributed by atoms with E-state index in [0.29, 0.717) is 35.7 Å². The maximum atomic E-state index is 14.0. The van der Waals surface area contributed by atoms with Gasteiger partial charge in [-0.05, 0) is 18.2 Å². The van der Waals surface area contributed by atoms with E-state index in [-0.39, 0.29) is 30.9 Å². The van der Waals surface area contributed by atoms with Gasteiger partial charge in [0.1, 0.15) is 40.0 Å². The summed E-state index contributed by atoms with van der Waals surface area (Å²) in [6.07, 6.45) is 0.930. The molecule has 8 heteroatoms. The van der Waals surface area contributed by atoms with E-state index >= 15 is 0 Å². The van der Waals surface area contributed by atoms with E-state index in [9.17, 15) is 18.4 Å². The van der Waals surface area contributed by atoms with Gasteiger partial charge < -0.3 is 19.1 Å². The summed E-state index contributed by atoms with van der Waals surface area (Å²) in [7, 11) is 2.99. The molecule has 1 spiro atoms. The molecule has 2 aliphatic heterocycles. The van der Waals surface area contributed by atoms with Crippen LogP contribution in [0.25, 0.3) is 0 Å². The van der Waals surface area contributed by atoms with Crippen molar-refractivity contribution in [3.8, 4) is 17.2 Å². The Morgan fingerprint density at radius 1 is 1.10 bits per heavy atom. The number of halogens is 2. The fourth-order valence-corrected chi connectivity index (χ4v) is 4.08. The highest BCUT2D eigenvalue weighted by molar-refractivity contribution is 6.03. The second-order valence-electron chi connectivity index (χ2n) is 7.50. The van der Waals surface area contributed by atoms with Gasteiger partial charge in [0, 0.05) is 38.1 Å². The molecule has 0 unspecified atom stereocenters. The van der Waals surface area contributed by atoms with E-state index in [1.54, 1.807) is 12.1 Å². The van der Waals surface area contributed by atoms with E-state index in [1.807, 2.05) is 0 Å². The molecule has 1 saturated heterocycles. The molecule has 1 fully saturated rings. The number of Topliss-reactive ketones (excluding diaryl/α,β-unsaturated/α-hetero) is 1. The number of carbonyl (C=O) groups excluding carboxylic acids is 2. The molecular weight excluding hydrogens is 396 g/mol. The fourth-order valence-electron chi connectivity index (χ4n) is 4.08. The standard InChI is InChI=1S/C22H21F2NO5/c1-28-14-10-18(29-2)20-17(26)12-22(30-19(20)11-14)5-7-25(8-6-22)21(27)15-9-13(23)3-4-16(15)24/h3-4,9-11H,5-8,12H2,1-2H3. The monoisotopic (exact) mass is 417 g/mol. The number of piperidine rings is 1. The molecule has 0 N–H and O–H groups in total. The lowest BCUT2D eigenvalue weighted by molar-refractivity contribution is -0.00620. The van der Waals surface area contributed by atoms with Crippen molar-refractivity contribution in [3.63, 3.8) is 0 Å². The second-order valence-corrected chi connectivity index (χ2v) is 7.50. The van der Waals surface area contributed by atoms with Crippen LogP contribution in [0, 0.1) is 11.6 Å². The summed E-state index contributed by atoms with van der Waals surface area (Å²) < 4.78 is 44.2. The minimum Gasteiger partial charge on any atom is -0.496 e. The molecule has 0 atom stereocenters. The van der Waals surface area contributed by atoms with Gasteiger partial charge in [0.05, 0.1) is 26.2 Å². The van der Waals surface area contributed by atoms with Gasteiger partial charge in [-0.2, -0.15) is 0 Å². The van der Waals surface area contributed by atoms with Gasteiger partial charge in [-0.15, -0.1) is 0 Å². The highest BCUT2D eigenvalue weighted by atomic mass is 19.1. The van der Waals surface area contributed by atoms with E-state index in [0.717, 1.165) is 18.2 Å². The molecular formula is C22H21F2NO5. The summed E-state index contributed by atoms with van der Waals surface area (Å²) in [5, 5.41) is 0. The molecule has 2 aromatic rings. The van der Waals surface area contributed by atoms with Crippen molar-refractivity contribution in [3.05, 3.63) is 53.1 Å². The van der Waals surface area contributed by atoms with E-state index in [2.05, 4.69) is 0 Å². The number of fused-ring (bicyclic) bond motifs is 1. The van der Waals surface area contributed by atoms with Crippen molar-refractivity contribution < 1.29 is 32.6 Å². The number of carbonyl (C=O) groups is 2. The van der Waals surface area contributed by atoms with Gasteiger partial charge in [0.2, 0.25) is 0 Å². The predicted octanol–water partition coefficient (Wildman–Crippen LogP) is 3.62. The summed E-state index contributed by atoms with van der Waals surface area (Å²) in [5.41, 5.74) is -0.686. The Morgan fingerprint density at radius 3 is 2.50 bits per heavy atom. The van der Waals surface area contributed by atoms with Crippen LogP contribution >= 0.6 is 0 Å². The number of ether oxygens (including phenoxy) is 3. The predicted molar refractivity (Wildman–Crippen MR) is 103 cm³/mol. The molecule has 0 aliphatic carbocycles. The van der Waals surface area contributed by atoms with Crippen molar-refractivity contribution >= 4 is 11.7 Å². The van der Waals surface area contributed by atoms with Crippen molar-refractivity contribution in [2.24, 2.45) is 0 Å². The fraction of sp³-hybridized carbons (Fsp3) is 0.364. The molecule has 0 saturated carbocycles. The first-order valence-electron chi connectivity index (χ1n) is 9.58. The van der Waals surface area contributed by atoms with Crippen LogP contribution in [0.2, 0.25) is 0 Å². The maximum absolute atomic E-state index is 14.0. The number of likely N-dealkylation sites (tertiary alicyclic amines) is 1. The van der Waals surface area contributed by atoms with Gasteiger partial charge >= 0.3 is 0 Å². The zero-order valence-electron chi connectivity index (χ0n) is 16.7. The molecule has 2 heterocycles. The minimum absolute atomic E-state index is 0.105. The SMILES string of the molecule is COc1cc(OC)c2c(c1)OC1(CCN(C(=O)c3cc(F)ccc3F)CC1)CC2=O. The third-order valence-electron chi connectivity index (χ3n) is 5.70. The molecule has 2 aliphatic rings. The van der Waals surface area contributed by atoms with Gasteiger partial charge in [-0.3, -0.25) is 9.59 Å². The summed E-state index contributed by atoms with van der Waals surface area (Å²) in [6, 6.07) is 6.09. The highest BCUT2D eigenvalue weighted by Crippen LogP contribution is 2.44. The maximum Gasteiger partial charge on any atom is 0.256 e. The topological polar surface area (TPSA) is 65.1 Å². The van der Waals surface area contributed by atoms with Crippen LogP contribution in [0.15, 0.2) is 30.3 Å². The molecule has 158 valence electrons. The largest absolute Gasteiger partial charge is 0.496 e. The van der Waals surface area contributed by atoms with Crippen LogP contribution in [0.1, 0.15) is 40.0 Å². The van der Waals surface area contributed by atoms with Crippen LogP contribution in [-0.2, 0) is 0 Å². The lowest BCUT2D eigenvalue weighted by Gasteiger charge is -2.44. The number of methoxy groups -OCH3 is 2. The number of ketones is 1. The number of rotatable bonds is 3. The molecule has 0 bridgehead atoms. The first kappa shape index (κ1) is 20.1. The zero-order chi connectivity index (χ0) is 21.5. The minimum atomic E-state index is -0.765. The Hall–Kier alpha value is -3.16. The number of nitrogens with zero attached hydrogens (tertiary/aromatic N) is 1. The van der Waals surface area contributed by atoms with E-state index < -0.39 is 23.1 Å². The first-order valence-corrected chi connectivity index (χ1v) is 9.58. The molecule has 4 rings (SSSR count). The highest BCUT2D eigenvalue weighted by Gasteiger charge is 2.45. The lowest BCUT2D eigenvalue weighted by atomic mass is 9.82. The van der Waals surface area contributed by atoms with Crippen molar-refractivity contribution in [2.75, 3.05) is 27.3 Å². The second kappa shape index (κ2) is 7.59. The average molecular weight is 417 g/mol. The molecule has 0 radical (unpaired) electrons. The lowest BCUT2D eigenvalue weighted by Crippen LogP contribution is -2.52. The Kier molecular flexibility index (Phi) is 5.09. The molecule has 1 amide bonds. The number of hydrogen-bond donors (Lipinski definition) is 0. The summed E-state index contributed by atoms with van der Waals surface area (Å²) in [5.74, 6) is -0.839. The molecule has 6 nitrogen and oxygen atoms in total. The van der Waals surface area contributed by atoms with Crippen molar-refractivity contribution in [2.45, 2.75) is 24.9 Å². The Labute approximate surface area is 172 Å². The van der Waals surface area contributed by atoms with Crippen LogP contribution in [0.3, 0.4) is 0 Å². The van der Waals surface area contributed by atoms with Gasteiger partial charge in [0.25, 0.3) is 5.91 Å². The van der Waals surface area contributed by atoms with E-state index in [4.69, 9.17) is 14.2 Å². The number of benzene rings is 2. The smallest absolute Gasteiger partial charge is 0.256 e. The normalized spacial score (nSPS) is 17.3. The Morgan fingerprint density at radius 2 is 1.83 bits per heavy atom. The van der Waals surface area contributed by atoms with Gasteiger partial charge in [-0.1, -0.05) is 0 Å². The third kappa shape index (κ3) is 3.46.